The number of hydrogen-bond acceptors (Lipinski definition) is 3. The van der Waals surface area contributed by atoms with Gasteiger partial charge < -0.3 is 4.74 Å². The van der Waals surface area contributed by atoms with E-state index in [0.29, 0.717) is 42.6 Å². The molecule has 0 atom stereocenters. The Hall–Kier alpha value is 0.150. The summed E-state index contributed by atoms with van der Waals surface area (Å²) < 4.78 is 32.2. The maximum atomic E-state index is 12.6. The normalized spacial score (nSPS) is 18.0. The van der Waals surface area contributed by atoms with Crippen molar-refractivity contribution in [1.82, 2.24) is 4.31 Å². The molecule has 0 radical (unpaired) electrons. The Kier molecular flexibility index (Phi) is 6.35. The number of hydrogen-bond donors (Lipinski definition) is 0. The van der Waals surface area contributed by atoms with E-state index in [4.69, 9.17) is 27.9 Å². The van der Waals surface area contributed by atoms with Gasteiger partial charge in [0.25, 0.3) is 0 Å². The number of alkyl halides is 1. The van der Waals surface area contributed by atoms with Gasteiger partial charge in [0.1, 0.15) is 0 Å². The molecule has 1 aliphatic heterocycles. The molecule has 0 aromatic heterocycles. The zero-order valence-corrected chi connectivity index (χ0v) is 15.2. The first kappa shape index (κ1) is 17.5. The molecule has 1 aromatic carbocycles. The van der Waals surface area contributed by atoms with Crippen molar-refractivity contribution in [3.8, 4) is 0 Å². The van der Waals surface area contributed by atoms with Gasteiger partial charge in [0.05, 0.1) is 17.6 Å². The molecule has 118 valence electrons. The van der Waals surface area contributed by atoms with Crippen LogP contribution in [-0.2, 0) is 14.8 Å². The maximum Gasteiger partial charge on any atom is 0.243 e. The molecule has 1 aliphatic rings. The number of halogens is 3. The van der Waals surface area contributed by atoms with Gasteiger partial charge in [-0.3, -0.25) is 0 Å². The number of sulfonamides is 1. The van der Waals surface area contributed by atoms with Gasteiger partial charge in [-0.1, -0.05) is 39.1 Å². The zero-order chi connectivity index (χ0) is 15.5. The van der Waals surface area contributed by atoms with E-state index in [-0.39, 0.29) is 11.0 Å². The van der Waals surface area contributed by atoms with E-state index in [1.54, 1.807) is 0 Å². The predicted molar refractivity (Wildman–Crippen MR) is 88.0 cm³/mol. The standard InChI is InChI=1S/C13H16BrCl2NO3S/c14-3-6-20-12-1-4-17(5-2-12)21(18,19)13-8-10(15)7-11(16)9-13/h7-9,12H,1-6H2. The third kappa shape index (κ3) is 4.56. The van der Waals surface area contributed by atoms with Crippen LogP contribution in [0.4, 0.5) is 0 Å². The van der Waals surface area contributed by atoms with E-state index in [1.165, 1.54) is 22.5 Å². The van der Waals surface area contributed by atoms with Crippen molar-refractivity contribution < 1.29 is 13.2 Å². The topological polar surface area (TPSA) is 46.6 Å². The van der Waals surface area contributed by atoms with E-state index < -0.39 is 10.0 Å². The lowest BCUT2D eigenvalue weighted by atomic mass is 10.1. The van der Waals surface area contributed by atoms with Crippen molar-refractivity contribution in [2.45, 2.75) is 23.8 Å². The summed E-state index contributed by atoms with van der Waals surface area (Å²) in [4.78, 5) is 0.139. The van der Waals surface area contributed by atoms with E-state index in [0.717, 1.165) is 5.33 Å². The SMILES string of the molecule is O=S(=O)(c1cc(Cl)cc(Cl)c1)N1CCC(OCCBr)CC1. The lowest BCUT2D eigenvalue weighted by Crippen LogP contribution is -2.41. The molecule has 0 N–H and O–H groups in total. The Balaban J connectivity index is 2.07. The van der Waals surface area contributed by atoms with Crippen molar-refractivity contribution >= 4 is 49.2 Å². The Labute approximate surface area is 143 Å². The van der Waals surface area contributed by atoms with Gasteiger partial charge in [0.15, 0.2) is 0 Å². The van der Waals surface area contributed by atoms with Gasteiger partial charge in [-0.15, -0.1) is 0 Å². The number of nitrogens with zero attached hydrogens (tertiary/aromatic N) is 1. The molecule has 21 heavy (non-hydrogen) atoms. The fraction of sp³-hybridized carbons (Fsp3) is 0.538. The van der Waals surface area contributed by atoms with Crippen molar-refractivity contribution in [1.29, 1.82) is 0 Å². The van der Waals surface area contributed by atoms with Crippen molar-refractivity contribution in [3.05, 3.63) is 28.2 Å². The molecular formula is C13H16BrCl2NO3S. The number of rotatable bonds is 5. The molecule has 0 unspecified atom stereocenters. The van der Waals surface area contributed by atoms with Crippen LogP contribution in [0.15, 0.2) is 23.1 Å². The number of benzene rings is 1. The molecule has 1 aromatic rings. The van der Waals surface area contributed by atoms with Gasteiger partial charge in [0.2, 0.25) is 10.0 Å². The second kappa shape index (κ2) is 7.62. The molecule has 0 bridgehead atoms. The van der Waals surface area contributed by atoms with Crippen LogP contribution in [0.25, 0.3) is 0 Å². The lowest BCUT2D eigenvalue weighted by Gasteiger charge is -2.31. The largest absolute Gasteiger partial charge is 0.377 e. The van der Waals surface area contributed by atoms with Gasteiger partial charge in [-0.05, 0) is 31.0 Å². The van der Waals surface area contributed by atoms with E-state index in [1.807, 2.05) is 0 Å². The average molecular weight is 417 g/mol. The second-order valence-corrected chi connectivity index (χ2v) is 8.37. The summed E-state index contributed by atoms with van der Waals surface area (Å²) >= 11 is 15.1. The highest BCUT2D eigenvalue weighted by atomic mass is 79.9. The van der Waals surface area contributed by atoms with Gasteiger partial charge in [0, 0.05) is 28.5 Å². The van der Waals surface area contributed by atoms with Crippen LogP contribution in [0.1, 0.15) is 12.8 Å². The van der Waals surface area contributed by atoms with Crippen LogP contribution in [-0.4, -0.2) is 43.9 Å². The first-order valence-corrected chi connectivity index (χ1v) is 9.89. The molecule has 2 rings (SSSR count). The Morgan fingerprint density at radius 3 is 2.29 bits per heavy atom. The first-order valence-electron chi connectivity index (χ1n) is 6.57. The Bertz CT molecular complexity index is 569. The van der Waals surface area contributed by atoms with Gasteiger partial charge >= 0.3 is 0 Å². The van der Waals surface area contributed by atoms with E-state index in [2.05, 4.69) is 15.9 Å². The molecular weight excluding hydrogens is 401 g/mol. The predicted octanol–water partition coefficient (Wildman–Crippen LogP) is 3.56. The van der Waals surface area contributed by atoms with Crippen molar-refractivity contribution in [3.63, 3.8) is 0 Å². The number of piperidine rings is 1. The molecule has 1 heterocycles. The monoisotopic (exact) mass is 415 g/mol. The van der Waals surface area contributed by atoms with Crippen LogP contribution in [0.5, 0.6) is 0 Å². The van der Waals surface area contributed by atoms with Crippen LogP contribution in [0.2, 0.25) is 10.0 Å². The van der Waals surface area contributed by atoms with Gasteiger partial charge in [-0.2, -0.15) is 4.31 Å². The highest BCUT2D eigenvalue weighted by Crippen LogP contribution is 2.27. The van der Waals surface area contributed by atoms with Gasteiger partial charge in [-0.25, -0.2) is 8.42 Å². The maximum absolute atomic E-state index is 12.6. The van der Waals surface area contributed by atoms with Crippen LogP contribution in [0, 0.1) is 0 Å². The minimum atomic E-state index is -3.55. The summed E-state index contributed by atoms with van der Waals surface area (Å²) in [6, 6.07) is 4.37. The molecule has 8 heteroatoms. The summed E-state index contributed by atoms with van der Waals surface area (Å²) in [7, 11) is -3.55. The third-order valence-electron chi connectivity index (χ3n) is 3.31. The number of ether oxygens (including phenoxy) is 1. The molecule has 1 saturated heterocycles. The smallest absolute Gasteiger partial charge is 0.243 e. The summed E-state index contributed by atoms with van der Waals surface area (Å²) in [5, 5.41) is 1.42. The lowest BCUT2D eigenvalue weighted by molar-refractivity contribution is 0.0309. The van der Waals surface area contributed by atoms with Crippen LogP contribution < -0.4 is 0 Å². The Morgan fingerprint density at radius 1 is 1.19 bits per heavy atom. The van der Waals surface area contributed by atoms with Crippen LogP contribution >= 0.6 is 39.1 Å². The minimum absolute atomic E-state index is 0.122. The van der Waals surface area contributed by atoms with Crippen molar-refractivity contribution in [2.24, 2.45) is 0 Å². The minimum Gasteiger partial charge on any atom is -0.377 e. The molecule has 0 saturated carbocycles. The highest BCUT2D eigenvalue weighted by molar-refractivity contribution is 9.09. The molecule has 0 spiro atoms. The average Bonchev–Trinajstić information content (AvgIpc) is 2.44. The van der Waals surface area contributed by atoms with E-state index in [9.17, 15) is 8.42 Å². The quantitative estimate of drug-likeness (QED) is 0.689. The molecule has 1 fully saturated rings. The van der Waals surface area contributed by atoms with E-state index >= 15 is 0 Å². The molecule has 0 amide bonds. The fourth-order valence-electron chi connectivity index (χ4n) is 2.28. The molecule has 4 nitrogen and oxygen atoms in total. The summed E-state index contributed by atoms with van der Waals surface area (Å²) in [5.74, 6) is 0. The summed E-state index contributed by atoms with van der Waals surface area (Å²) in [6.07, 6.45) is 1.51. The van der Waals surface area contributed by atoms with Crippen LogP contribution in [0.3, 0.4) is 0 Å². The first-order chi connectivity index (χ1) is 9.93. The fourth-order valence-corrected chi connectivity index (χ4v) is 4.66. The summed E-state index contributed by atoms with van der Waals surface area (Å²) in [6.45, 7) is 1.53. The second-order valence-electron chi connectivity index (χ2n) is 4.77. The summed E-state index contributed by atoms with van der Waals surface area (Å²) in [5.41, 5.74) is 0. The zero-order valence-electron chi connectivity index (χ0n) is 11.3. The van der Waals surface area contributed by atoms with Crippen molar-refractivity contribution in [2.75, 3.05) is 25.0 Å². The highest BCUT2D eigenvalue weighted by Gasteiger charge is 2.30. The third-order valence-corrected chi connectivity index (χ3v) is 5.94. The molecule has 0 aliphatic carbocycles. The Morgan fingerprint density at radius 2 is 1.76 bits per heavy atom.